The van der Waals surface area contributed by atoms with E-state index in [4.69, 9.17) is 0 Å². The third-order valence-electron chi connectivity index (χ3n) is 2.25. The van der Waals surface area contributed by atoms with E-state index in [0.717, 1.165) is 32.0 Å². The van der Waals surface area contributed by atoms with Crippen molar-refractivity contribution in [2.45, 2.75) is 0 Å². The fourth-order valence-corrected chi connectivity index (χ4v) is 1.43. The highest BCUT2D eigenvalue weighted by Gasteiger charge is 2.11. The fraction of sp³-hybridized carbons (Fsp3) is 0.444. The molecule has 0 amide bonds. The van der Waals surface area contributed by atoms with Gasteiger partial charge in [-0.05, 0) is 13.1 Å². The third-order valence-corrected chi connectivity index (χ3v) is 2.25. The van der Waals surface area contributed by atoms with Crippen LogP contribution >= 0.6 is 0 Å². The van der Waals surface area contributed by atoms with E-state index >= 15 is 0 Å². The van der Waals surface area contributed by atoms with E-state index in [1.165, 1.54) is 0 Å². The molecular formula is C9H13N4-. The molecule has 1 fully saturated rings. The summed E-state index contributed by atoms with van der Waals surface area (Å²) in [6, 6.07) is 0. The molecule has 0 saturated carbocycles. The summed E-state index contributed by atoms with van der Waals surface area (Å²) in [5, 5.41) is 0. The molecule has 13 heavy (non-hydrogen) atoms. The van der Waals surface area contributed by atoms with Crippen LogP contribution in [0.1, 0.15) is 0 Å². The zero-order valence-corrected chi connectivity index (χ0v) is 7.56. The number of aromatic nitrogens is 2. The normalized spacial score (nSPS) is 19.0. The Balaban J connectivity index is 2.03. The van der Waals surface area contributed by atoms with Crippen LogP contribution in [0.5, 0.6) is 0 Å². The molecule has 2 heterocycles. The van der Waals surface area contributed by atoms with E-state index in [1.807, 2.05) is 0 Å². The minimum atomic E-state index is 0.968. The molecule has 0 radical (unpaired) electrons. The van der Waals surface area contributed by atoms with Crippen molar-refractivity contribution in [2.75, 3.05) is 31.1 Å². The van der Waals surface area contributed by atoms with E-state index in [-0.39, 0.29) is 0 Å². The number of hydrogen-bond acceptors (Lipinski definition) is 4. The molecule has 0 spiro atoms. The number of anilines is 1. The first-order valence-corrected chi connectivity index (χ1v) is 4.42. The molecular weight excluding hydrogens is 164 g/mol. The van der Waals surface area contributed by atoms with Gasteiger partial charge in [-0.15, -0.1) is 0 Å². The molecule has 1 aliphatic heterocycles. The quantitative estimate of drug-likeness (QED) is 0.581. The van der Waals surface area contributed by atoms with Crippen molar-refractivity contribution >= 4 is 5.82 Å². The molecule has 1 aromatic heterocycles. The maximum Gasteiger partial charge on any atom is 0.147 e. The molecule has 1 aliphatic rings. The van der Waals surface area contributed by atoms with E-state index in [9.17, 15) is 0 Å². The third kappa shape index (κ3) is 1.95. The molecule has 4 nitrogen and oxygen atoms in total. The van der Waals surface area contributed by atoms with Gasteiger partial charge in [0, 0.05) is 25.5 Å². The lowest BCUT2D eigenvalue weighted by molar-refractivity contribution is 0.343. The van der Waals surface area contributed by atoms with Crippen molar-refractivity contribution in [1.29, 1.82) is 0 Å². The summed E-state index contributed by atoms with van der Waals surface area (Å²) < 4.78 is 0. The lowest BCUT2D eigenvalue weighted by Gasteiger charge is -2.37. The van der Waals surface area contributed by atoms with Gasteiger partial charge in [0.25, 0.3) is 0 Å². The molecule has 0 aromatic carbocycles. The van der Waals surface area contributed by atoms with Gasteiger partial charge in [-0.25, -0.2) is 4.98 Å². The van der Waals surface area contributed by atoms with Crippen LogP contribution in [0.4, 0.5) is 5.82 Å². The Morgan fingerprint density at radius 2 is 1.92 bits per heavy atom. The summed E-state index contributed by atoms with van der Waals surface area (Å²) in [4.78, 5) is 12.6. The summed E-state index contributed by atoms with van der Waals surface area (Å²) >= 11 is 0. The standard InChI is InChI=1S/C9H13N4/c1-12-4-6-13(7-5-12)9-8-10-2-3-11-9/h2-3,8H,1,4-7H2/q-1. The molecule has 4 heteroatoms. The van der Waals surface area contributed by atoms with Gasteiger partial charge in [-0.1, -0.05) is 0 Å². The highest BCUT2D eigenvalue weighted by molar-refractivity contribution is 5.35. The lowest BCUT2D eigenvalue weighted by Crippen LogP contribution is -2.44. The Morgan fingerprint density at radius 3 is 2.54 bits per heavy atom. The smallest absolute Gasteiger partial charge is 0.147 e. The Kier molecular flexibility index (Phi) is 2.40. The van der Waals surface area contributed by atoms with Gasteiger partial charge < -0.3 is 9.80 Å². The van der Waals surface area contributed by atoms with Crippen molar-refractivity contribution in [3.63, 3.8) is 0 Å². The monoisotopic (exact) mass is 177 g/mol. The Morgan fingerprint density at radius 1 is 1.15 bits per heavy atom. The van der Waals surface area contributed by atoms with Crippen LogP contribution in [0.25, 0.3) is 0 Å². The molecule has 2 rings (SSSR count). The number of rotatable bonds is 1. The molecule has 0 aliphatic carbocycles. The zero-order chi connectivity index (χ0) is 9.10. The molecule has 0 atom stereocenters. The molecule has 0 bridgehead atoms. The highest BCUT2D eigenvalue weighted by atomic mass is 15.3. The zero-order valence-electron chi connectivity index (χ0n) is 7.56. The average Bonchev–Trinajstić information content (AvgIpc) is 2.20. The van der Waals surface area contributed by atoms with Gasteiger partial charge in [0.15, 0.2) is 0 Å². The van der Waals surface area contributed by atoms with Gasteiger partial charge in [-0.2, -0.15) is 0 Å². The molecule has 0 N–H and O–H groups in total. The Bertz CT molecular complexity index is 254. The van der Waals surface area contributed by atoms with Crippen LogP contribution in [0, 0.1) is 7.05 Å². The van der Waals surface area contributed by atoms with Crippen LogP contribution in [0.2, 0.25) is 0 Å². The van der Waals surface area contributed by atoms with Crippen molar-refractivity contribution in [1.82, 2.24) is 14.9 Å². The molecule has 1 saturated heterocycles. The molecule has 0 unspecified atom stereocenters. The van der Waals surface area contributed by atoms with Gasteiger partial charge in [0.1, 0.15) is 5.82 Å². The van der Waals surface area contributed by atoms with Crippen LogP contribution in [0.15, 0.2) is 18.6 Å². The first-order valence-electron chi connectivity index (χ1n) is 4.42. The second-order valence-electron chi connectivity index (χ2n) is 3.17. The second-order valence-corrected chi connectivity index (χ2v) is 3.17. The number of piperazine rings is 1. The summed E-state index contributed by atoms with van der Waals surface area (Å²) in [6.07, 6.45) is 5.23. The van der Waals surface area contributed by atoms with Gasteiger partial charge in [0.2, 0.25) is 0 Å². The molecule has 1 aromatic rings. The van der Waals surface area contributed by atoms with Crippen LogP contribution in [-0.4, -0.2) is 41.0 Å². The van der Waals surface area contributed by atoms with E-state index in [0.29, 0.717) is 0 Å². The van der Waals surface area contributed by atoms with Crippen LogP contribution in [0.3, 0.4) is 0 Å². The van der Waals surface area contributed by atoms with Crippen molar-refractivity contribution in [2.24, 2.45) is 0 Å². The maximum atomic E-state index is 4.25. The molecule has 70 valence electrons. The number of nitrogens with zero attached hydrogens (tertiary/aromatic N) is 4. The highest BCUT2D eigenvalue weighted by Crippen LogP contribution is 2.10. The largest absolute Gasteiger partial charge is 0.456 e. The maximum absolute atomic E-state index is 4.25. The first kappa shape index (κ1) is 8.44. The average molecular weight is 177 g/mol. The summed E-state index contributed by atoms with van der Waals surface area (Å²) in [7, 11) is 3.90. The summed E-state index contributed by atoms with van der Waals surface area (Å²) in [5.41, 5.74) is 0. The van der Waals surface area contributed by atoms with E-state index in [1.54, 1.807) is 18.6 Å². The van der Waals surface area contributed by atoms with Gasteiger partial charge in [-0.3, -0.25) is 12.0 Å². The van der Waals surface area contributed by atoms with Crippen LogP contribution < -0.4 is 4.90 Å². The topological polar surface area (TPSA) is 32.3 Å². The van der Waals surface area contributed by atoms with Gasteiger partial charge in [0.05, 0.1) is 6.20 Å². The Labute approximate surface area is 78.2 Å². The van der Waals surface area contributed by atoms with Crippen molar-refractivity contribution < 1.29 is 0 Å². The minimum Gasteiger partial charge on any atom is -0.456 e. The lowest BCUT2D eigenvalue weighted by atomic mass is 10.3. The van der Waals surface area contributed by atoms with E-state index < -0.39 is 0 Å². The predicted molar refractivity (Wildman–Crippen MR) is 51.2 cm³/mol. The first-order chi connectivity index (χ1) is 6.36. The Hall–Kier alpha value is -1.16. The van der Waals surface area contributed by atoms with Gasteiger partial charge >= 0.3 is 0 Å². The van der Waals surface area contributed by atoms with Crippen LogP contribution in [-0.2, 0) is 0 Å². The van der Waals surface area contributed by atoms with Crippen molar-refractivity contribution in [3.8, 4) is 0 Å². The van der Waals surface area contributed by atoms with E-state index in [2.05, 4.69) is 26.8 Å². The summed E-state index contributed by atoms with van der Waals surface area (Å²) in [5.74, 6) is 0.968. The summed E-state index contributed by atoms with van der Waals surface area (Å²) in [6.45, 7) is 3.97. The predicted octanol–water partition coefficient (Wildman–Crippen LogP) is 0.390. The second kappa shape index (κ2) is 3.70. The van der Waals surface area contributed by atoms with Crippen molar-refractivity contribution in [3.05, 3.63) is 25.6 Å². The number of hydrogen-bond donors (Lipinski definition) is 0. The fourth-order valence-electron chi connectivity index (χ4n) is 1.43. The SMILES string of the molecule is [CH2-]N1CCN(c2cnccn2)CC1. The minimum absolute atomic E-state index is 0.968.